The Hall–Kier alpha value is -1.19. The van der Waals surface area contributed by atoms with Crippen LogP contribution in [0.25, 0.3) is 0 Å². The van der Waals surface area contributed by atoms with Crippen LogP contribution in [-0.2, 0) is 9.53 Å². The van der Waals surface area contributed by atoms with Gasteiger partial charge in [0.05, 0.1) is 13.2 Å². The third-order valence-corrected chi connectivity index (χ3v) is 1.19. The molecular formula is C7H14N2O2. The number of esters is 1. The molecular weight excluding hydrogens is 144 g/mol. The van der Waals surface area contributed by atoms with Crippen LogP contribution < -0.4 is 5.32 Å². The van der Waals surface area contributed by atoms with Crippen LogP contribution in [0.1, 0.15) is 0 Å². The predicted molar refractivity (Wildman–Crippen MR) is 42.8 cm³/mol. The molecule has 0 heterocycles. The average Bonchev–Trinajstić information content (AvgIpc) is 1.99. The van der Waals surface area contributed by atoms with Crippen molar-refractivity contribution < 1.29 is 9.53 Å². The smallest absolute Gasteiger partial charge is 0.334 e. The van der Waals surface area contributed by atoms with Crippen LogP contribution >= 0.6 is 0 Å². The van der Waals surface area contributed by atoms with E-state index in [0.717, 1.165) is 5.82 Å². The quantitative estimate of drug-likeness (QED) is 0.455. The number of ether oxygens (including phenoxy) is 1. The Morgan fingerprint density at radius 1 is 1.55 bits per heavy atom. The highest BCUT2D eigenvalue weighted by Gasteiger charge is 2.00. The first kappa shape index (κ1) is 9.81. The molecule has 0 rings (SSSR count). The van der Waals surface area contributed by atoms with Crippen molar-refractivity contribution >= 4 is 5.97 Å². The summed E-state index contributed by atoms with van der Waals surface area (Å²) in [6.45, 7) is 0. The summed E-state index contributed by atoms with van der Waals surface area (Å²) < 4.78 is 4.45. The predicted octanol–water partition coefficient (Wildman–Crippen LogP) is -0.218. The van der Waals surface area contributed by atoms with Crippen LogP contribution in [0.2, 0.25) is 0 Å². The minimum atomic E-state index is -0.358. The van der Waals surface area contributed by atoms with E-state index in [4.69, 9.17) is 0 Å². The molecule has 0 aliphatic rings. The summed E-state index contributed by atoms with van der Waals surface area (Å²) in [7, 11) is 6.77. The zero-order chi connectivity index (χ0) is 8.85. The first-order valence-corrected chi connectivity index (χ1v) is 3.26. The molecule has 0 aromatic heterocycles. The molecule has 0 saturated carbocycles. The molecule has 0 atom stereocenters. The van der Waals surface area contributed by atoms with Crippen molar-refractivity contribution in [3.05, 3.63) is 11.9 Å². The first-order valence-electron chi connectivity index (χ1n) is 3.26. The minimum absolute atomic E-state index is 0.358. The van der Waals surface area contributed by atoms with E-state index < -0.39 is 0 Å². The van der Waals surface area contributed by atoms with Crippen molar-refractivity contribution in [3.63, 3.8) is 0 Å². The number of rotatable bonds is 3. The fourth-order valence-corrected chi connectivity index (χ4v) is 0.595. The topological polar surface area (TPSA) is 41.6 Å². The lowest BCUT2D eigenvalue weighted by Gasteiger charge is -2.15. The number of hydrogen-bond donors (Lipinski definition) is 1. The summed E-state index contributed by atoms with van der Waals surface area (Å²) in [6.07, 6.45) is 1.39. The molecule has 0 radical (unpaired) electrons. The summed E-state index contributed by atoms with van der Waals surface area (Å²) in [5, 5.41) is 2.85. The van der Waals surface area contributed by atoms with Crippen LogP contribution in [0, 0.1) is 0 Å². The normalized spacial score (nSPS) is 10.7. The summed E-state index contributed by atoms with van der Waals surface area (Å²) in [5.41, 5.74) is 0. The Morgan fingerprint density at radius 3 is 2.36 bits per heavy atom. The molecule has 4 heteroatoms. The second-order valence-corrected chi connectivity index (χ2v) is 2.20. The van der Waals surface area contributed by atoms with Crippen molar-refractivity contribution in [1.29, 1.82) is 0 Å². The Balaban J connectivity index is 4.23. The second-order valence-electron chi connectivity index (χ2n) is 2.20. The van der Waals surface area contributed by atoms with Gasteiger partial charge in [-0.05, 0) is 0 Å². The van der Waals surface area contributed by atoms with Gasteiger partial charge in [0, 0.05) is 21.1 Å². The van der Waals surface area contributed by atoms with Gasteiger partial charge in [-0.1, -0.05) is 0 Å². The lowest BCUT2D eigenvalue weighted by atomic mass is 10.5. The highest BCUT2D eigenvalue weighted by Crippen LogP contribution is 1.92. The summed E-state index contributed by atoms with van der Waals surface area (Å²) >= 11 is 0. The molecule has 11 heavy (non-hydrogen) atoms. The van der Waals surface area contributed by atoms with Gasteiger partial charge in [-0.3, -0.25) is 0 Å². The second kappa shape index (κ2) is 4.60. The van der Waals surface area contributed by atoms with Gasteiger partial charge in [-0.15, -0.1) is 0 Å². The molecule has 1 N–H and O–H groups in total. The van der Waals surface area contributed by atoms with Crippen LogP contribution in [0.15, 0.2) is 11.9 Å². The third-order valence-electron chi connectivity index (χ3n) is 1.19. The van der Waals surface area contributed by atoms with Crippen molar-refractivity contribution in [2.45, 2.75) is 0 Å². The van der Waals surface area contributed by atoms with E-state index in [1.165, 1.54) is 13.2 Å². The molecule has 0 aliphatic carbocycles. The van der Waals surface area contributed by atoms with E-state index >= 15 is 0 Å². The van der Waals surface area contributed by atoms with E-state index in [0.29, 0.717) is 0 Å². The van der Waals surface area contributed by atoms with E-state index in [-0.39, 0.29) is 5.97 Å². The van der Waals surface area contributed by atoms with Crippen LogP contribution in [0.4, 0.5) is 0 Å². The van der Waals surface area contributed by atoms with Crippen LogP contribution in [0.3, 0.4) is 0 Å². The molecule has 0 spiro atoms. The van der Waals surface area contributed by atoms with Crippen LogP contribution in [0.5, 0.6) is 0 Å². The number of nitrogens with zero attached hydrogens (tertiary/aromatic N) is 1. The maximum atomic E-state index is 10.7. The Labute approximate surface area is 66.8 Å². The van der Waals surface area contributed by atoms with Gasteiger partial charge in [0.15, 0.2) is 0 Å². The minimum Gasteiger partial charge on any atom is -0.466 e. The summed E-state index contributed by atoms with van der Waals surface area (Å²) in [4.78, 5) is 12.5. The molecule has 0 unspecified atom stereocenters. The van der Waals surface area contributed by atoms with Crippen molar-refractivity contribution in [2.75, 3.05) is 28.3 Å². The van der Waals surface area contributed by atoms with Crippen LogP contribution in [-0.4, -0.2) is 39.1 Å². The van der Waals surface area contributed by atoms with Gasteiger partial charge in [0.25, 0.3) is 0 Å². The largest absolute Gasteiger partial charge is 0.466 e. The fraction of sp³-hybridized carbons (Fsp3) is 0.571. The fourth-order valence-electron chi connectivity index (χ4n) is 0.595. The lowest BCUT2D eigenvalue weighted by Crippen LogP contribution is -2.23. The Bertz CT molecular complexity index is 164. The van der Waals surface area contributed by atoms with Gasteiger partial charge in [0.1, 0.15) is 5.82 Å². The third kappa shape index (κ3) is 3.50. The van der Waals surface area contributed by atoms with Gasteiger partial charge in [-0.25, -0.2) is 4.79 Å². The molecule has 0 aromatic rings. The van der Waals surface area contributed by atoms with Crippen molar-refractivity contribution in [1.82, 2.24) is 10.2 Å². The number of carbonyl (C=O) groups is 1. The van der Waals surface area contributed by atoms with Gasteiger partial charge in [-0.2, -0.15) is 0 Å². The first-order chi connectivity index (χ1) is 5.11. The SMILES string of the molecule is CNC(=CC(=O)OC)N(C)C. The molecule has 0 fully saturated rings. The molecule has 0 amide bonds. The monoisotopic (exact) mass is 158 g/mol. The molecule has 0 aromatic carbocycles. The Morgan fingerprint density at radius 2 is 2.09 bits per heavy atom. The highest BCUT2D eigenvalue weighted by atomic mass is 16.5. The molecule has 0 bridgehead atoms. The van der Waals surface area contributed by atoms with Gasteiger partial charge >= 0.3 is 5.97 Å². The lowest BCUT2D eigenvalue weighted by molar-refractivity contribution is -0.135. The van der Waals surface area contributed by atoms with Crippen molar-refractivity contribution in [2.24, 2.45) is 0 Å². The average molecular weight is 158 g/mol. The zero-order valence-corrected chi connectivity index (χ0v) is 7.34. The van der Waals surface area contributed by atoms with Crippen molar-refractivity contribution in [3.8, 4) is 0 Å². The van der Waals surface area contributed by atoms with E-state index in [1.54, 1.807) is 11.9 Å². The standard InChI is InChI=1S/C7H14N2O2/c1-8-6(9(2)3)5-7(10)11-4/h5,8H,1-4H3. The molecule has 0 aliphatic heterocycles. The van der Waals surface area contributed by atoms with Gasteiger partial charge < -0.3 is 15.0 Å². The van der Waals surface area contributed by atoms with E-state index in [2.05, 4.69) is 10.1 Å². The van der Waals surface area contributed by atoms with E-state index in [9.17, 15) is 4.79 Å². The summed E-state index contributed by atoms with van der Waals surface area (Å²) in [6, 6.07) is 0. The number of carbonyl (C=O) groups excluding carboxylic acids is 1. The van der Waals surface area contributed by atoms with E-state index in [1.807, 2.05) is 14.1 Å². The highest BCUT2D eigenvalue weighted by molar-refractivity contribution is 5.82. The number of methoxy groups -OCH3 is 1. The molecule has 0 saturated heterocycles. The molecule has 64 valence electrons. The zero-order valence-electron chi connectivity index (χ0n) is 7.34. The van der Waals surface area contributed by atoms with Gasteiger partial charge in [0.2, 0.25) is 0 Å². The maximum absolute atomic E-state index is 10.7. The Kier molecular flexibility index (Phi) is 4.10. The number of hydrogen-bond acceptors (Lipinski definition) is 4. The summed E-state index contributed by atoms with van der Waals surface area (Å²) in [5.74, 6) is 0.361. The number of nitrogens with one attached hydrogen (secondary N) is 1. The maximum Gasteiger partial charge on any atom is 0.334 e. The molecule has 4 nitrogen and oxygen atoms in total.